The minimum absolute atomic E-state index is 0.102. The molecule has 126 valence electrons. The number of halogens is 1. The molecule has 1 N–H and O–H groups in total. The normalized spacial score (nSPS) is 12.5. The van der Waals surface area contributed by atoms with E-state index in [1.807, 2.05) is 44.1 Å². The number of hydrogen-bond acceptors (Lipinski definition) is 3. The predicted molar refractivity (Wildman–Crippen MR) is 93.8 cm³/mol. The number of pyridine rings is 1. The van der Waals surface area contributed by atoms with Gasteiger partial charge in [0.2, 0.25) is 5.91 Å². The Kier molecular flexibility index (Phi) is 6.21. The quantitative estimate of drug-likeness (QED) is 0.830. The van der Waals surface area contributed by atoms with Gasteiger partial charge in [0, 0.05) is 18.8 Å². The molecule has 1 heterocycles. The van der Waals surface area contributed by atoms with E-state index in [1.165, 1.54) is 18.2 Å². The SMILES string of the molecule is Cc1cccnc1C=CC(=O)NCC(c1cccc(F)c1)N(C)C. The Bertz CT molecular complexity index is 728. The molecule has 0 bridgehead atoms. The summed E-state index contributed by atoms with van der Waals surface area (Å²) in [6, 6.07) is 10.1. The number of carbonyl (C=O) groups excluding carboxylic acids is 1. The van der Waals surface area contributed by atoms with Crippen LogP contribution in [0.25, 0.3) is 6.08 Å². The van der Waals surface area contributed by atoms with Gasteiger partial charge < -0.3 is 10.2 Å². The van der Waals surface area contributed by atoms with Crippen molar-refractivity contribution in [1.82, 2.24) is 15.2 Å². The highest BCUT2D eigenvalue weighted by Gasteiger charge is 2.15. The lowest BCUT2D eigenvalue weighted by Gasteiger charge is -2.24. The number of benzene rings is 1. The average Bonchev–Trinajstić information content (AvgIpc) is 2.54. The molecule has 1 aromatic carbocycles. The second-order valence-electron chi connectivity index (χ2n) is 5.82. The Morgan fingerprint density at radius 1 is 1.33 bits per heavy atom. The fourth-order valence-corrected chi connectivity index (χ4v) is 2.40. The van der Waals surface area contributed by atoms with Crippen LogP contribution in [0.2, 0.25) is 0 Å². The van der Waals surface area contributed by atoms with Crippen LogP contribution in [0, 0.1) is 12.7 Å². The van der Waals surface area contributed by atoms with Crippen molar-refractivity contribution in [2.24, 2.45) is 0 Å². The molecule has 4 nitrogen and oxygen atoms in total. The van der Waals surface area contributed by atoms with Gasteiger partial charge in [0.25, 0.3) is 0 Å². The maximum atomic E-state index is 13.4. The van der Waals surface area contributed by atoms with E-state index in [1.54, 1.807) is 18.3 Å². The van der Waals surface area contributed by atoms with Crippen molar-refractivity contribution < 1.29 is 9.18 Å². The van der Waals surface area contributed by atoms with E-state index in [0.717, 1.165) is 16.8 Å². The smallest absolute Gasteiger partial charge is 0.244 e. The molecule has 0 aliphatic rings. The zero-order valence-electron chi connectivity index (χ0n) is 14.2. The Morgan fingerprint density at radius 2 is 2.12 bits per heavy atom. The first kappa shape index (κ1) is 17.8. The van der Waals surface area contributed by atoms with Crippen molar-refractivity contribution in [3.8, 4) is 0 Å². The van der Waals surface area contributed by atoms with E-state index < -0.39 is 0 Å². The van der Waals surface area contributed by atoms with E-state index in [2.05, 4.69) is 10.3 Å². The van der Waals surface area contributed by atoms with Crippen molar-refractivity contribution in [2.45, 2.75) is 13.0 Å². The minimum atomic E-state index is -0.281. The number of likely N-dealkylation sites (N-methyl/N-ethyl adjacent to an activating group) is 1. The Hall–Kier alpha value is -2.53. The number of nitrogens with zero attached hydrogens (tertiary/aromatic N) is 2. The fourth-order valence-electron chi connectivity index (χ4n) is 2.40. The zero-order valence-corrected chi connectivity index (χ0v) is 14.2. The van der Waals surface area contributed by atoms with Crippen LogP contribution in [0.1, 0.15) is 22.9 Å². The third-order valence-corrected chi connectivity index (χ3v) is 3.77. The molecule has 0 saturated heterocycles. The molecular weight excluding hydrogens is 305 g/mol. The summed E-state index contributed by atoms with van der Waals surface area (Å²) in [6.07, 6.45) is 4.85. The van der Waals surface area contributed by atoms with Crippen LogP contribution in [0.4, 0.5) is 4.39 Å². The number of aryl methyl sites for hydroxylation is 1. The summed E-state index contributed by atoms with van der Waals surface area (Å²) < 4.78 is 13.4. The van der Waals surface area contributed by atoms with Gasteiger partial charge >= 0.3 is 0 Å². The molecule has 0 radical (unpaired) electrons. The largest absolute Gasteiger partial charge is 0.351 e. The molecule has 0 aliphatic carbocycles. The third-order valence-electron chi connectivity index (χ3n) is 3.77. The van der Waals surface area contributed by atoms with Gasteiger partial charge in [-0.3, -0.25) is 9.78 Å². The number of amides is 1. The predicted octanol–water partition coefficient (Wildman–Crippen LogP) is 2.96. The lowest BCUT2D eigenvalue weighted by Crippen LogP contribution is -2.33. The zero-order chi connectivity index (χ0) is 17.5. The van der Waals surface area contributed by atoms with E-state index in [-0.39, 0.29) is 17.8 Å². The van der Waals surface area contributed by atoms with Gasteiger partial charge in [0.1, 0.15) is 5.82 Å². The molecule has 1 atom stereocenters. The summed E-state index contributed by atoms with van der Waals surface area (Å²) in [7, 11) is 3.80. The molecule has 0 aliphatic heterocycles. The lowest BCUT2D eigenvalue weighted by atomic mass is 10.1. The summed E-state index contributed by atoms with van der Waals surface area (Å²) in [6.45, 7) is 2.33. The van der Waals surface area contributed by atoms with Crippen LogP contribution in [-0.4, -0.2) is 36.4 Å². The van der Waals surface area contributed by atoms with Gasteiger partial charge in [0.05, 0.1) is 11.7 Å². The van der Waals surface area contributed by atoms with Crippen LogP contribution in [0.15, 0.2) is 48.7 Å². The first-order valence-corrected chi connectivity index (χ1v) is 7.77. The van der Waals surface area contributed by atoms with Gasteiger partial charge in [-0.05, 0) is 56.4 Å². The summed E-state index contributed by atoms with van der Waals surface area (Å²) in [5.74, 6) is -0.487. The molecular formula is C19H22FN3O. The number of carbonyl (C=O) groups is 1. The second-order valence-corrected chi connectivity index (χ2v) is 5.82. The monoisotopic (exact) mass is 327 g/mol. The maximum absolute atomic E-state index is 13.4. The van der Waals surface area contributed by atoms with Gasteiger partial charge in [-0.2, -0.15) is 0 Å². The topological polar surface area (TPSA) is 45.2 Å². The second kappa shape index (κ2) is 8.36. The number of hydrogen-bond donors (Lipinski definition) is 1. The van der Waals surface area contributed by atoms with Gasteiger partial charge in [-0.15, -0.1) is 0 Å². The van der Waals surface area contributed by atoms with Crippen molar-refractivity contribution in [3.05, 3.63) is 71.3 Å². The molecule has 1 aromatic heterocycles. The Morgan fingerprint density at radius 3 is 2.79 bits per heavy atom. The Balaban J connectivity index is 1.99. The van der Waals surface area contributed by atoms with Crippen molar-refractivity contribution in [1.29, 1.82) is 0 Å². The first-order chi connectivity index (χ1) is 11.5. The minimum Gasteiger partial charge on any atom is -0.351 e. The average molecular weight is 327 g/mol. The molecule has 2 rings (SSSR count). The van der Waals surface area contributed by atoms with Crippen LogP contribution in [0.5, 0.6) is 0 Å². The summed E-state index contributed by atoms with van der Waals surface area (Å²) in [5.41, 5.74) is 2.60. The van der Waals surface area contributed by atoms with E-state index in [9.17, 15) is 9.18 Å². The maximum Gasteiger partial charge on any atom is 0.244 e. The van der Waals surface area contributed by atoms with Crippen molar-refractivity contribution >= 4 is 12.0 Å². The summed E-state index contributed by atoms with van der Waals surface area (Å²) >= 11 is 0. The fraction of sp³-hybridized carbons (Fsp3) is 0.263. The van der Waals surface area contributed by atoms with E-state index >= 15 is 0 Å². The van der Waals surface area contributed by atoms with Crippen molar-refractivity contribution in [2.75, 3.05) is 20.6 Å². The number of aromatic nitrogens is 1. The highest BCUT2D eigenvalue weighted by Crippen LogP contribution is 2.18. The Labute approximate surface area is 142 Å². The molecule has 1 amide bonds. The third kappa shape index (κ3) is 4.99. The van der Waals surface area contributed by atoms with Gasteiger partial charge in [-0.25, -0.2) is 4.39 Å². The van der Waals surface area contributed by atoms with Crippen LogP contribution in [0.3, 0.4) is 0 Å². The van der Waals surface area contributed by atoms with Crippen LogP contribution < -0.4 is 5.32 Å². The van der Waals surface area contributed by atoms with Gasteiger partial charge in [-0.1, -0.05) is 18.2 Å². The lowest BCUT2D eigenvalue weighted by molar-refractivity contribution is -0.116. The van der Waals surface area contributed by atoms with Crippen LogP contribution >= 0.6 is 0 Å². The van der Waals surface area contributed by atoms with E-state index in [4.69, 9.17) is 0 Å². The molecule has 24 heavy (non-hydrogen) atoms. The molecule has 1 unspecified atom stereocenters. The molecule has 0 saturated carbocycles. The first-order valence-electron chi connectivity index (χ1n) is 7.77. The molecule has 0 fully saturated rings. The highest BCUT2D eigenvalue weighted by molar-refractivity contribution is 5.91. The molecule has 0 spiro atoms. The molecule has 5 heteroatoms. The molecule has 2 aromatic rings. The van der Waals surface area contributed by atoms with Crippen molar-refractivity contribution in [3.63, 3.8) is 0 Å². The number of rotatable bonds is 6. The standard InChI is InChI=1S/C19H22FN3O/c1-14-6-5-11-21-17(14)9-10-19(24)22-13-18(23(2)3)15-7-4-8-16(20)12-15/h4-12,18H,13H2,1-3H3,(H,22,24). The highest BCUT2D eigenvalue weighted by atomic mass is 19.1. The van der Waals surface area contributed by atoms with Crippen LogP contribution in [-0.2, 0) is 4.79 Å². The summed E-state index contributed by atoms with van der Waals surface area (Å²) in [4.78, 5) is 18.2. The summed E-state index contributed by atoms with van der Waals surface area (Å²) in [5, 5.41) is 2.85. The van der Waals surface area contributed by atoms with Gasteiger partial charge in [0.15, 0.2) is 0 Å². The number of nitrogens with one attached hydrogen (secondary N) is 1. The van der Waals surface area contributed by atoms with E-state index in [0.29, 0.717) is 6.54 Å².